The number of fused-ring (bicyclic) bond motifs is 1. The average molecular weight is 299 g/mol. The van der Waals surface area contributed by atoms with Crippen molar-refractivity contribution in [2.75, 3.05) is 0 Å². The number of para-hydroxylation sites is 1. The van der Waals surface area contributed by atoms with Crippen LogP contribution in [0.5, 0.6) is 5.75 Å². The molecule has 0 bridgehead atoms. The Kier molecular flexibility index (Phi) is 4.04. The summed E-state index contributed by atoms with van der Waals surface area (Å²) in [7, 11) is 0. The van der Waals surface area contributed by atoms with Crippen LogP contribution in [-0.2, 0) is 13.2 Å². The van der Waals surface area contributed by atoms with Crippen molar-refractivity contribution >= 4 is 22.5 Å². The van der Waals surface area contributed by atoms with Crippen LogP contribution >= 0.6 is 11.6 Å². The van der Waals surface area contributed by atoms with Crippen LogP contribution in [-0.4, -0.2) is 4.98 Å². The van der Waals surface area contributed by atoms with Crippen molar-refractivity contribution < 1.29 is 4.74 Å². The highest BCUT2D eigenvalue weighted by atomic mass is 35.5. The number of aromatic nitrogens is 1. The number of ether oxygens (including phenoxy) is 1. The second-order valence-corrected chi connectivity index (χ2v) is 5.17. The molecule has 106 valence electrons. The Morgan fingerprint density at radius 2 is 1.90 bits per heavy atom. The number of pyridine rings is 1. The quantitative estimate of drug-likeness (QED) is 0.794. The van der Waals surface area contributed by atoms with E-state index >= 15 is 0 Å². The van der Waals surface area contributed by atoms with Gasteiger partial charge in [0.1, 0.15) is 12.4 Å². The van der Waals surface area contributed by atoms with E-state index in [2.05, 4.69) is 4.98 Å². The minimum Gasteiger partial charge on any atom is -0.488 e. The summed E-state index contributed by atoms with van der Waals surface area (Å²) in [5, 5.41) is 1.73. The molecule has 2 N–H and O–H groups in total. The molecule has 0 fully saturated rings. The summed E-state index contributed by atoms with van der Waals surface area (Å²) in [6.45, 7) is 0.875. The molecule has 0 aliphatic carbocycles. The first-order valence-corrected chi connectivity index (χ1v) is 7.09. The number of nitrogens with zero attached hydrogens (tertiary/aromatic N) is 1. The van der Waals surface area contributed by atoms with Gasteiger partial charge < -0.3 is 10.5 Å². The zero-order valence-corrected chi connectivity index (χ0v) is 12.2. The molecular weight excluding hydrogens is 284 g/mol. The molecule has 2 aromatic carbocycles. The summed E-state index contributed by atoms with van der Waals surface area (Å²) in [6, 6.07) is 15.5. The monoisotopic (exact) mass is 298 g/mol. The van der Waals surface area contributed by atoms with Gasteiger partial charge in [-0.25, -0.2) is 0 Å². The smallest absolute Gasteiger partial charge is 0.125 e. The minimum atomic E-state index is 0.420. The molecule has 3 nitrogen and oxygen atoms in total. The number of halogens is 1. The van der Waals surface area contributed by atoms with Crippen LogP contribution in [0.3, 0.4) is 0 Å². The fraction of sp³-hybridized carbons (Fsp3) is 0.118. The van der Waals surface area contributed by atoms with Gasteiger partial charge in [0.15, 0.2) is 0 Å². The van der Waals surface area contributed by atoms with Crippen molar-refractivity contribution in [3.8, 4) is 5.75 Å². The van der Waals surface area contributed by atoms with Crippen molar-refractivity contribution in [2.24, 2.45) is 5.73 Å². The summed E-state index contributed by atoms with van der Waals surface area (Å²) in [4.78, 5) is 4.35. The Balaban J connectivity index is 1.89. The molecule has 0 aliphatic rings. The van der Waals surface area contributed by atoms with Crippen LogP contribution in [0.2, 0.25) is 5.02 Å². The molecule has 1 aromatic heterocycles. The molecule has 0 unspecified atom stereocenters. The van der Waals surface area contributed by atoms with Crippen molar-refractivity contribution in [1.29, 1.82) is 0 Å². The minimum absolute atomic E-state index is 0.420. The Morgan fingerprint density at radius 1 is 1.05 bits per heavy atom. The maximum Gasteiger partial charge on any atom is 0.125 e. The van der Waals surface area contributed by atoms with Crippen molar-refractivity contribution in [1.82, 2.24) is 4.98 Å². The summed E-state index contributed by atoms with van der Waals surface area (Å²) < 4.78 is 5.91. The molecule has 0 radical (unpaired) electrons. The average Bonchev–Trinajstić information content (AvgIpc) is 2.53. The van der Waals surface area contributed by atoms with E-state index in [-0.39, 0.29) is 0 Å². The van der Waals surface area contributed by atoms with E-state index in [1.807, 2.05) is 42.5 Å². The first-order valence-electron chi connectivity index (χ1n) is 6.72. The van der Waals surface area contributed by atoms with Crippen LogP contribution in [0.25, 0.3) is 10.9 Å². The van der Waals surface area contributed by atoms with Gasteiger partial charge in [0.05, 0.1) is 5.52 Å². The first-order chi connectivity index (χ1) is 10.3. The lowest BCUT2D eigenvalue weighted by Gasteiger charge is -2.12. The highest BCUT2D eigenvalue weighted by Crippen LogP contribution is 2.25. The Bertz CT molecular complexity index is 768. The largest absolute Gasteiger partial charge is 0.488 e. The zero-order chi connectivity index (χ0) is 14.7. The lowest BCUT2D eigenvalue weighted by Crippen LogP contribution is -2.03. The molecule has 0 saturated heterocycles. The van der Waals surface area contributed by atoms with Crippen LogP contribution < -0.4 is 10.5 Å². The number of rotatable bonds is 4. The first kappa shape index (κ1) is 13.9. The fourth-order valence-electron chi connectivity index (χ4n) is 2.27. The van der Waals surface area contributed by atoms with Gasteiger partial charge in [0.2, 0.25) is 0 Å². The standard InChI is InChI=1S/C17H15ClN2O/c18-14-6-5-12(10-19)17(9-14)21-11-13-7-8-20-16-4-2-1-3-15(13)16/h1-9H,10-11,19H2. The Labute approximate surface area is 128 Å². The van der Waals surface area contributed by atoms with Crippen molar-refractivity contribution in [2.45, 2.75) is 13.2 Å². The van der Waals surface area contributed by atoms with Gasteiger partial charge >= 0.3 is 0 Å². The molecule has 4 heteroatoms. The highest BCUT2D eigenvalue weighted by molar-refractivity contribution is 6.30. The third-order valence-electron chi connectivity index (χ3n) is 3.37. The lowest BCUT2D eigenvalue weighted by atomic mass is 10.1. The van der Waals surface area contributed by atoms with E-state index in [4.69, 9.17) is 22.1 Å². The second-order valence-electron chi connectivity index (χ2n) is 4.73. The number of hydrogen-bond acceptors (Lipinski definition) is 3. The molecule has 3 aromatic rings. The molecular formula is C17H15ClN2O. The zero-order valence-electron chi connectivity index (χ0n) is 11.4. The SMILES string of the molecule is NCc1ccc(Cl)cc1OCc1ccnc2ccccc12. The number of benzene rings is 2. The number of hydrogen-bond donors (Lipinski definition) is 1. The van der Waals surface area contributed by atoms with Crippen LogP contribution in [0.4, 0.5) is 0 Å². The van der Waals surface area contributed by atoms with Crippen molar-refractivity contribution in [3.63, 3.8) is 0 Å². The van der Waals surface area contributed by atoms with Gasteiger partial charge in [-0.1, -0.05) is 35.9 Å². The molecule has 3 rings (SSSR count). The molecule has 0 amide bonds. The fourth-order valence-corrected chi connectivity index (χ4v) is 2.43. The Morgan fingerprint density at radius 3 is 2.76 bits per heavy atom. The molecule has 0 spiro atoms. The van der Waals surface area contributed by atoms with E-state index in [1.54, 1.807) is 12.3 Å². The maximum absolute atomic E-state index is 6.02. The van der Waals surface area contributed by atoms with E-state index in [0.29, 0.717) is 18.2 Å². The third-order valence-corrected chi connectivity index (χ3v) is 3.61. The van der Waals surface area contributed by atoms with Crippen LogP contribution in [0.15, 0.2) is 54.7 Å². The van der Waals surface area contributed by atoms with Gasteiger partial charge in [-0.3, -0.25) is 4.98 Å². The summed E-state index contributed by atoms with van der Waals surface area (Å²) in [6.07, 6.45) is 1.79. The third kappa shape index (κ3) is 2.99. The lowest BCUT2D eigenvalue weighted by molar-refractivity contribution is 0.304. The maximum atomic E-state index is 6.02. The van der Waals surface area contributed by atoms with Gasteiger partial charge in [-0.05, 0) is 24.3 Å². The summed E-state index contributed by atoms with van der Waals surface area (Å²) in [5.74, 6) is 0.728. The molecule has 21 heavy (non-hydrogen) atoms. The van der Waals surface area contributed by atoms with Crippen LogP contribution in [0.1, 0.15) is 11.1 Å². The Hall–Kier alpha value is -2.10. The molecule has 0 aliphatic heterocycles. The predicted octanol–water partition coefficient (Wildman–Crippen LogP) is 3.93. The van der Waals surface area contributed by atoms with E-state index in [9.17, 15) is 0 Å². The highest BCUT2D eigenvalue weighted by Gasteiger charge is 2.06. The second kappa shape index (κ2) is 6.12. The summed E-state index contributed by atoms with van der Waals surface area (Å²) in [5.41, 5.74) is 8.72. The normalized spacial score (nSPS) is 10.8. The molecule has 0 saturated carbocycles. The van der Waals surface area contributed by atoms with E-state index in [1.165, 1.54) is 0 Å². The van der Waals surface area contributed by atoms with Gasteiger partial charge in [0.25, 0.3) is 0 Å². The van der Waals surface area contributed by atoms with E-state index in [0.717, 1.165) is 27.8 Å². The van der Waals surface area contributed by atoms with E-state index < -0.39 is 0 Å². The van der Waals surface area contributed by atoms with Crippen LogP contribution in [0, 0.1) is 0 Å². The van der Waals surface area contributed by atoms with Crippen molar-refractivity contribution in [3.05, 3.63) is 70.9 Å². The number of nitrogens with two attached hydrogens (primary N) is 1. The summed E-state index contributed by atoms with van der Waals surface area (Å²) >= 11 is 6.02. The molecule has 0 atom stereocenters. The van der Waals surface area contributed by atoms with Gasteiger partial charge in [0, 0.05) is 34.3 Å². The molecule has 1 heterocycles. The topological polar surface area (TPSA) is 48.1 Å². The predicted molar refractivity (Wildman–Crippen MR) is 85.4 cm³/mol. The van der Waals surface area contributed by atoms with Gasteiger partial charge in [-0.2, -0.15) is 0 Å². The van der Waals surface area contributed by atoms with Gasteiger partial charge in [-0.15, -0.1) is 0 Å².